The molecular formula is C16H17NS. The van der Waals surface area contributed by atoms with Gasteiger partial charge in [-0.3, -0.25) is 0 Å². The van der Waals surface area contributed by atoms with Gasteiger partial charge in [-0.25, -0.2) is 0 Å². The van der Waals surface area contributed by atoms with Crippen LogP contribution in [0.2, 0.25) is 0 Å². The third kappa shape index (κ3) is 3.00. The first-order chi connectivity index (χ1) is 8.85. The second-order valence-corrected chi connectivity index (χ2v) is 5.37. The third-order valence-electron chi connectivity index (χ3n) is 3.07. The maximum Gasteiger partial charge on any atom is 0.0806 e. The lowest BCUT2D eigenvalue weighted by Crippen LogP contribution is -1.92. The summed E-state index contributed by atoms with van der Waals surface area (Å²) in [5.41, 5.74) is 2.46. The van der Waals surface area contributed by atoms with E-state index in [4.69, 9.17) is 0 Å². The van der Waals surface area contributed by atoms with Gasteiger partial charge in [0.15, 0.2) is 0 Å². The van der Waals surface area contributed by atoms with E-state index < -0.39 is 0 Å². The molecule has 0 radical (unpaired) electrons. The van der Waals surface area contributed by atoms with Gasteiger partial charge in [-0.2, -0.15) is 5.26 Å². The monoisotopic (exact) mass is 255 g/mol. The number of nitriles is 1. The summed E-state index contributed by atoms with van der Waals surface area (Å²) in [5.74, 6) is 0.0624. The first kappa shape index (κ1) is 12.9. The largest absolute Gasteiger partial charge is 0.198 e. The van der Waals surface area contributed by atoms with Crippen molar-refractivity contribution in [3.05, 3.63) is 46.7 Å². The number of nitrogens with zero attached hydrogens (tertiary/aromatic N) is 1. The summed E-state index contributed by atoms with van der Waals surface area (Å²) in [6.07, 6.45) is 3.24. The molecule has 0 saturated carbocycles. The Labute approximate surface area is 113 Å². The highest BCUT2D eigenvalue weighted by atomic mass is 32.1. The van der Waals surface area contributed by atoms with E-state index in [1.54, 1.807) is 11.3 Å². The SMILES string of the molecule is CCCCC(C#N)c1cc(-c2ccccc2)cs1. The van der Waals surface area contributed by atoms with E-state index in [-0.39, 0.29) is 5.92 Å². The molecule has 0 saturated heterocycles. The average Bonchev–Trinajstić information content (AvgIpc) is 2.90. The standard InChI is InChI=1S/C16H17NS/c1-2-3-7-14(11-17)16-10-15(12-18-16)13-8-5-4-6-9-13/h4-6,8-10,12,14H,2-3,7H2,1H3. The number of benzene rings is 1. The lowest BCUT2D eigenvalue weighted by atomic mass is 10.0. The summed E-state index contributed by atoms with van der Waals surface area (Å²) < 4.78 is 0. The van der Waals surface area contributed by atoms with E-state index in [1.165, 1.54) is 16.0 Å². The molecule has 2 heteroatoms. The van der Waals surface area contributed by atoms with E-state index in [9.17, 15) is 5.26 Å². The summed E-state index contributed by atoms with van der Waals surface area (Å²) in [7, 11) is 0. The molecule has 0 N–H and O–H groups in total. The van der Waals surface area contributed by atoms with E-state index in [1.807, 2.05) is 18.2 Å². The topological polar surface area (TPSA) is 23.8 Å². The molecule has 18 heavy (non-hydrogen) atoms. The summed E-state index contributed by atoms with van der Waals surface area (Å²) in [6, 6.07) is 14.9. The second-order valence-electron chi connectivity index (χ2n) is 4.43. The summed E-state index contributed by atoms with van der Waals surface area (Å²) in [6.45, 7) is 2.16. The van der Waals surface area contributed by atoms with Gasteiger partial charge in [0.1, 0.15) is 0 Å². The van der Waals surface area contributed by atoms with Gasteiger partial charge in [-0.05, 0) is 29.0 Å². The molecule has 1 nitrogen and oxygen atoms in total. The van der Waals surface area contributed by atoms with Crippen LogP contribution in [-0.4, -0.2) is 0 Å². The predicted molar refractivity (Wildman–Crippen MR) is 77.6 cm³/mol. The third-order valence-corrected chi connectivity index (χ3v) is 4.12. The number of hydrogen-bond donors (Lipinski definition) is 0. The van der Waals surface area contributed by atoms with E-state index in [0.29, 0.717) is 0 Å². The van der Waals surface area contributed by atoms with Crippen molar-refractivity contribution in [1.29, 1.82) is 5.26 Å². The minimum Gasteiger partial charge on any atom is -0.198 e. The molecule has 0 spiro atoms. The Balaban J connectivity index is 2.17. The second kappa shape index (κ2) is 6.37. The highest BCUT2D eigenvalue weighted by molar-refractivity contribution is 7.10. The van der Waals surface area contributed by atoms with Crippen molar-refractivity contribution in [2.45, 2.75) is 32.1 Å². The van der Waals surface area contributed by atoms with Crippen LogP contribution in [0.25, 0.3) is 11.1 Å². The fraction of sp³-hybridized carbons (Fsp3) is 0.312. The van der Waals surface area contributed by atoms with Crippen LogP contribution in [0, 0.1) is 11.3 Å². The normalized spacial score (nSPS) is 12.0. The van der Waals surface area contributed by atoms with Gasteiger partial charge in [-0.1, -0.05) is 50.1 Å². The van der Waals surface area contributed by atoms with Gasteiger partial charge in [-0.15, -0.1) is 11.3 Å². The van der Waals surface area contributed by atoms with E-state index in [0.717, 1.165) is 19.3 Å². The van der Waals surface area contributed by atoms with Gasteiger partial charge in [0, 0.05) is 4.88 Å². The van der Waals surface area contributed by atoms with Crippen molar-refractivity contribution in [2.75, 3.05) is 0 Å². The van der Waals surface area contributed by atoms with Gasteiger partial charge >= 0.3 is 0 Å². The van der Waals surface area contributed by atoms with Crippen LogP contribution in [0.4, 0.5) is 0 Å². The first-order valence-corrected chi connectivity index (χ1v) is 7.26. The molecule has 0 fully saturated rings. The van der Waals surface area contributed by atoms with Crippen molar-refractivity contribution >= 4 is 11.3 Å². The number of thiophene rings is 1. The minimum atomic E-state index is 0.0624. The van der Waals surface area contributed by atoms with Crippen LogP contribution in [0.3, 0.4) is 0 Å². The molecule has 1 aromatic carbocycles. The fourth-order valence-corrected chi connectivity index (χ4v) is 2.99. The Bertz CT molecular complexity index is 522. The van der Waals surface area contributed by atoms with E-state index in [2.05, 4.69) is 36.6 Å². The summed E-state index contributed by atoms with van der Waals surface area (Å²) >= 11 is 1.71. The first-order valence-electron chi connectivity index (χ1n) is 6.38. The molecule has 0 amide bonds. The molecule has 1 unspecified atom stereocenters. The zero-order valence-corrected chi connectivity index (χ0v) is 11.4. The molecule has 0 aliphatic rings. The zero-order chi connectivity index (χ0) is 12.8. The molecular weight excluding hydrogens is 238 g/mol. The number of hydrogen-bond acceptors (Lipinski definition) is 2. The van der Waals surface area contributed by atoms with Crippen LogP contribution in [0.5, 0.6) is 0 Å². The lowest BCUT2D eigenvalue weighted by Gasteiger charge is -2.04. The molecule has 92 valence electrons. The maximum absolute atomic E-state index is 9.24. The van der Waals surface area contributed by atoms with Crippen LogP contribution < -0.4 is 0 Å². The Kier molecular flexibility index (Phi) is 4.55. The van der Waals surface area contributed by atoms with Crippen molar-refractivity contribution in [3.8, 4) is 17.2 Å². The van der Waals surface area contributed by atoms with Crippen LogP contribution >= 0.6 is 11.3 Å². The van der Waals surface area contributed by atoms with Crippen molar-refractivity contribution in [2.24, 2.45) is 0 Å². The van der Waals surface area contributed by atoms with Gasteiger partial charge in [0.2, 0.25) is 0 Å². The van der Waals surface area contributed by atoms with Crippen molar-refractivity contribution in [3.63, 3.8) is 0 Å². The Morgan fingerprint density at radius 1 is 1.22 bits per heavy atom. The highest BCUT2D eigenvalue weighted by Crippen LogP contribution is 2.32. The van der Waals surface area contributed by atoms with Crippen molar-refractivity contribution < 1.29 is 0 Å². The molecule has 1 heterocycles. The van der Waals surface area contributed by atoms with Gasteiger partial charge < -0.3 is 0 Å². The fourth-order valence-electron chi connectivity index (χ4n) is 2.00. The van der Waals surface area contributed by atoms with E-state index >= 15 is 0 Å². The molecule has 2 aromatic rings. The van der Waals surface area contributed by atoms with Crippen LogP contribution in [-0.2, 0) is 0 Å². The van der Waals surface area contributed by atoms with Crippen LogP contribution in [0.15, 0.2) is 41.8 Å². The van der Waals surface area contributed by atoms with Crippen molar-refractivity contribution in [1.82, 2.24) is 0 Å². The minimum absolute atomic E-state index is 0.0624. The molecule has 0 aliphatic heterocycles. The lowest BCUT2D eigenvalue weighted by molar-refractivity contribution is 0.678. The molecule has 0 aliphatic carbocycles. The highest BCUT2D eigenvalue weighted by Gasteiger charge is 2.13. The summed E-state index contributed by atoms with van der Waals surface area (Å²) in [5, 5.41) is 11.4. The Hall–Kier alpha value is -1.59. The summed E-state index contributed by atoms with van der Waals surface area (Å²) in [4.78, 5) is 1.20. The molecule has 1 atom stereocenters. The number of unbranched alkanes of at least 4 members (excludes halogenated alkanes) is 1. The smallest absolute Gasteiger partial charge is 0.0806 e. The van der Waals surface area contributed by atoms with Gasteiger partial charge in [0.05, 0.1) is 12.0 Å². The molecule has 1 aromatic heterocycles. The van der Waals surface area contributed by atoms with Gasteiger partial charge in [0.25, 0.3) is 0 Å². The molecule has 0 bridgehead atoms. The average molecular weight is 255 g/mol. The Morgan fingerprint density at radius 2 is 2.00 bits per heavy atom. The zero-order valence-electron chi connectivity index (χ0n) is 10.6. The maximum atomic E-state index is 9.24. The Morgan fingerprint density at radius 3 is 2.67 bits per heavy atom. The predicted octanol–water partition coefficient (Wildman–Crippen LogP) is 5.21. The quantitative estimate of drug-likeness (QED) is 0.719. The van der Waals surface area contributed by atoms with Crippen LogP contribution in [0.1, 0.15) is 37.0 Å². The molecule has 2 rings (SSSR count). The number of rotatable bonds is 5.